The summed E-state index contributed by atoms with van der Waals surface area (Å²) < 4.78 is 0. The van der Waals surface area contributed by atoms with Crippen molar-refractivity contribution in [2.45, 2.75) is 19.3 Å². The molecule has 5 nitrogen and oxygen atoms in total. The molecule has 2 amide bonds. The van der Waals surface area contributed by atoms with E-state index in [4.69, 9.17) is 0 Å². The summed E-state index contributed by atoms with van der Waals surface area (Å²) >= 11 is 1.42. The molecular weight excluding hydrogens is 298 g/mol. The topological polar surface area (TPSA) is 52.7 Å². The average molecular weight is 324 g/mol. The van der Waals surface area contributed by atoms with Crippen LogP contribution in [0.15, 0.2) is 0 Å². The molecule has 1 N–H and O–H groups in total. The highest BCUT2D eigenvalue weighted by atomic mass is 35.5. The normalized spacial score (nSPS) is 14.6. The molecule has 1 saturated heterocycles. The number of hydrogen-bond acceptors (Lipinski definition) is 4. The fourth-order valence-electron chi connectivity index (χ4n) is 1.97. The van der Waals surface area contributed by atoms with Crippen LogP contribution in [0.5, 0.6) is 0 Å². The van der Waals surface area contributed by atoms with E-state index in [0.717, 1.165) is 32.5 Å². The van der Waals surface area contributed by atoms with Crippen LogP contribution in [0.2, 0.25) is 0 Å². The van der Waals surface area contributed by atoms with Crippen molar-refractivity contribution in [2.24, 2.45) is 0 Å². The third kappa shape index (κ3) is 7.36. The minimum atomic E-state index is 0. The molecule has 118 valence electrons. The second-order valence-corrected chi connectivity index (χ2v) is 5.84. The summed E-state index contributed by atoms with van der Waals surface area (Å²) in [6.07, 6.45) is 3.45. The second kappa shape index (κ2) is 11.2. The van der Waals surface area contributed by atoms with Crippen molar-refractivity contribution in [1.29, 1.82) is 0 Å². The van der Waals surface area contributed by atoms with Gasteiger partial charge in [0.25, 0.3) is 0 Å². The third-order valence-corrected chi connectivity index (χ3v) is 4.18. The Morgan fingerprint density at radius 1 is 1.20 bits per heavy atom. The predicted molar refractivity (Wildman–Crippen MR) is 86.6 cm³/mol. The van der Waals surface area contributed by atoms with E-state index in [2.05, 4.69) is 5.32 Å². The number of piperidine rings is 1. The molecule has 1 rings (SSSR count). The minimum Gasteiger partial charge on any atom is -0.344 e. The van der Waals surface area contributed by atoms with E-state index < -0.39 is 0 Å². The van der Waals surface area contributed by atoms with Crippen molar-refractivity contribution in [1.82, 2.24) is 15.1 Å². The van der Waals surface area contributed by atoms with Gasteiger partial charge in [-0.1, -0.05) is 0 Å². The van der Waals surface area contributed by atoms with Gasteiger partial charge in [0.15, 0.2) is 0 Å². The fraction of sp³-hybridized carbons (Fsp3) is 0.846. The maximum absolute atomic E-state index is 11.9. The number of carbonyl (C=O) groups excluding carboxylic acids is 2. The van der Waals surface area contributed by atoms with Gasteiger partial charge in [-0.15, -0.1) is 24.2 Å². The molecule has 1 aliphatic heterocycles. The molecule has 0 radical (unpaired) electrons. The fourth-order valence-corrected chi connectivity index (χ4v) is 2.83. The number of thioether (sulfide) groups is 1. The molecule has 0 aliphatic carbocycles. The molecule has 0 spiro atoms. The highest BCUT2D eigenvalue weighted by Gasteiger charge is 2.17. The standard InChI is InChI=1S/C13H25N3O2S.ClH/c1-14-6-9-15(2)12(17)10-19-11-13(18)16-7-4-3-5-8-16;/h14H,3-11H2,1-2H3;1H. The lowest BCUT2D eigenvalue weighted by Gasteiger charge is -2.26. The zero-order valence-corrected chi connectivity index (χ0v) is 14.0. The Morgan fingerprint density at radius 2 is 1.85 bits per heavy atom. The summed E-state index contributed by atoms with van der Waals surface area (Å²) in [5.41, 5.74) is 0. The summed E-state index contributed by atoms with van der Waals surface area (Å²) in [5.74, 6) is 1.08. The molecule has 20 heavy (non-hydrogen) atoms. The van der Waals surface area contributed by atoms with Gasteiger partial charge in [-0.2, -0.15) is 0 Å². The first-order valence-corrected chi connectivity index (χ1v) is 8.04. The third-order valence-electron chi connectivity index (χ3n) is 3.28. The highest BCUT2D eigenvalue weighted by molar-refractivity contribution is 8.00. The molecule has 0 aromatic carbocycles. The number of nitrogens with zero attached hydrogens (tertiary/aromatic N) is 2. The lowest BCUT2D eigenvalue weighted by Crippen LogP contribution is -2.37. The smallest absolute Gasteiger partial charge is 0.232 e. The molecule has 1 aliphatic rings. The number of hydrogen-bond donors (Lipinski definition) is 1. The van der Waals surface area contributed by atoms with Crippen molar-refractivity contribution in [3.05, 3.63) is 0 Å². The van der Waals surface area contributed by atoms with E-state index in [1.54, 1.807) is 11.9 Å². The van der Waals surface area contributed by atoms with Crippen LogP contribution >= 0.6 is 24.2 Å². The summed E-state index contributed by atoms with van der Waals surface area (Å²) in [4.78, 5) is 27.3. The van der Waals surface area contributed by atoms with Gasteiger partial charge < -0.3 is 15.1 Å². The monoisotopic (exact) mass is 323 g/mol. The van der Waals surface area contributed by atoms with Crippen molar-refractivity contribution in [2.75, 3.05) is 51.8 Å². The first-order chi connectivity index (χ1) is 9.15. The van der Waals surface area contributed by atoms with Crippen molar-refractivity contribution >= 4 is 36.0 Å². The van der Waals surface area contributed by atoms with Crippen LogP contribution < -0.4 is 5.32 Å². The molecule has 7 heteroatoms. The van der Waals surface area contributed by atoms with E-state index in [1.807, 2.05) is 11.9 Å². The largest absolute Gasteiger partial charge is 0.344 e. The predicted octanol–water partition coefficient (Wildman–Crippen LogP) is 0.832. The maximum Gasteiger partial charge on any atom is 0.232 e. The van der Waals surface area contributed by atoms with Gasteiger partial charge in [-0.3, -0.25) is 9.59 Å². The highest BCUT2D eigenvalue weighted by Crippen LogP contribution is 2.11. The van der Waals surface area contributed by atoms with Crippen molar-refractivity contribution < 1.29 is 9.59 Å². The van der Waals surface area contributed by atoms with Crippen LogP contribution in [0.4, 0.5) is 0 Å². The SMILES string of the molecule is CNCCN(C)C(=O)CSCC(=O)N1CCCCC1.Cl. The number of rotatable bonds is 7. The quantitative estimate of drug-likeness (QED) is 0.754. The minimum absolute atomic E-state index is 0. The number of halogens is 1. The van der Waals surface area contributed by atoms with Gasteiger partial charge in [0.2, 0.25) is 11.8 Å². The molecule has 0 aromatic rings. The lowest BCUT2D eigenvalue weighted by molar-refractivity contribution is -0.129. The molecule has 1 fully saturated rings. The molecular formula is C13H26ClN3O2S. The number of likely N-dealkylation sites (tertiary alicyclic amines) is 1. The average Bonchev–Trinajstić information content (AvgIpc) is 2.45. The summed E-state index contributed by atoms with van der Waals surface area (Å²) in [6, 6.07) is 0. The Hall–Kier alpha value is -0.460. The van der Waals surface area contributed by atoms with Crippen LogP contribution in [0.1, 0.15) is 19.3 Å². The Bertz CT molecular complexity index is 299. The first kappa shape index (κ1) is 19.5. The van der Waals surface area contributed by atoms with E-state index in [9.17, 15) is 9.59 Å². The number of nitrogens with one attached hydrogen (secondary N) is 1. The van der Waals surface area contributed by atoms with E-state index >= 15 is 0 Å². The van der Waals surface area contributed by atoms with E-state index in [1.165, 1.54) is 18.2 Å². The Morgan fingerprint density at radius 3 is 2.45 bits per heavy atom. The van der Waals surface area contributed by atoms with Gasteiger partial charge in [0.1, 0.15) is 0 Å². The number of amides is 2. The molecule has 0 bridgehead atoms. The Balaban J connectivity index is 0.00000361. The van der Waals surface area contributed by atoms with Gasteiger partial charge in [-0.25, -0.2) is 0 Å². The molecule has 0 unspecified atom stereocenters. The summed E-state index contributed by atoms with van der Waals surface area (Å²) in [5, 5.41) is 3.01. The lowest BCUT2D eigenvalue weighted by atomic mass is 10.1. The van der Waals surface area contributed by atoms with Crippen LogP contribution in [0.25, 0.3) is 0 Å². The zero-order chi connectivity index (χ0) is 14.1. The number of likely N-dealkylation sites (N-methyl/N-ethyl adjacent to an activating group) is 2. The summed E-state index contributed by atoms with van der Waals surface area (Å²) in [6.45, 7) is 3.26. The molecule has 1 heterocycles. The Kier molecular flexibility index (Phi) is 11.0. The van der Waals surface area contributed by atoms with Crippen LogP contribution in [0.3, 0.4) is 0 Å². The van der Waals surface area contributed by atoms with E-state index in [0.29, 0.717) is 18.1 Å². The van der Waals surface area contributed by atoms with Gasteiger partial charge in [0.05, 0.1) is 11.5 Å². The second-order valence-electron chi connectivity index (χ2n) is 4.85. The molecule has 0 atom stereocenters. The van der Waals surface area contributed by atoms with Crippen LogP contribution in [-0.4, -0.2) is 73.4 Å². The van der Waals surface area contributed by atoms with Crippen molar-refractivity contribution in [3.8, 4) is 0 Å². The van der Waals surface area contributed by atoms with Gasteiger partial charge in [-0.05, 0) is 26.3 Å². The van der Waals surface area contributed by atoms with Crippen molar-refractivity contribution in [3.63, 3.8) is 0 Å². The first-order valence-electron chi connectivity index (χ1n) is 6.89. The molecule has 0 aromatic heterocycles. The van der Waals surface area contributed by atoms with E-state index in [-0.39, 0.29) is 24.2 Å². The van der Waals surface area contributed by atoms with Crippen LogP contribution in [-0.2, 0) is 9.59 Å². The van der Waals surface area contributed by atoms with Gasteiger partial charge >= 0.3 is 0 Å². The Labute approximate surface area is 132 Å². The summed E-state index contributed by atoms with van der Waals surface area (Å²) in [7, 11) is 3.66. The number of carbonyl (C=O) groups is 2. The van der Waals surface area contributed by atoms with Crippen LogP contribution in [0, 0.1) is 0 Å². The van der Waals surface area contributed by atoms with Gasteiger partial charge in [0, 0.05) is 33.2 Å². The molecule has 0 saturated carbocycles. The maximum atomic E-state index is 11.9. The zero-order valence-electron chi connectivity index (χ0n) is 12.4.